The normalized spacial score (nSPS) is 11.6. The number of nitrogens with one attached hydrogen (secondary N) is 1. The van der Waals surface area contributed by atoms with Gasteiger partial charge in [0.15, 0.2) is 6.61 Å². The molecule has 0 aromatic heterocycles. The van der Waals surface area contributed by atoms with Gasteiger partial charge in [-0.15, -0.1) is 0 Å². The maximum Gasteiger partial charge on any atom is 0.261 e. The van der Waals surface area contributed by atoms with E-state index in [0.29, 0.717) is 25.3 Å². The average molecular weight is 461 g/mol. The Bertz CT molecular complexity index is 765. The summed E-state index contributed by atoms with van der Waals surface area (Å²) in [4.78, 5) is 27.0. The van der Waals surface area contributed by atoms with Crippen molar-refractivity contribution in [1.82, 2.24) is 10.2 Å². The molecule has 1 atom stereocenters. The van der Waals surface area contributed by atoms with Crippen LogP contribution in [0, 0.1) is 0 Å². The summed E-state index contributed by atoms with van der Waals surface area (Å²) < 4.78 is 6.58. The van der Waals surface area contributed by atoms with E-state index in [1.54, 1.807) is 24.0 Å². The van der Waals surface area contributed by atoms with Crippen molar-refractivity contribution in [3.63, 3.8) is 0 Å². The number of benzene rings is 2. The number of ether oxygens (including phenoxy) is 1. The monoisotopic (exact) mass is 460 g/mol. The van der Waals surface area contributed by atoms with Gasteiger partial charge in [-0.1, -0.05) is 59.6 Å². The Hall–Kier alpha value is -2.34. The minimum Gasteiger partial charge on any atom is -0.484 e. The molecule has 0 saturated carbocycles. The second-order valence-electron chi connectivity index (χ2n) is 6.89. The van der Waals surface area contributed by atoms with Gasteiger partial charge in [0, 0.05) is 17.6 Å². The number of hydrogen-bond acceptors (Lipinski definition) is 3. The fourth-order valence-electron chi connectivity index (χ4n) is 2.86. The first-order valence-electron chi connectivity index (χ1n) is 10.0. The number of halogens is 1. The van der Waals surface area contributed by atoms with Crippen molar-refractivity contribution in [2.45, 2.75) is 39.2 Å². The Morgan fingerprint density at radius 2 is 1.79 bits per heavy atom. The molecule has 2 amide bonds. The molecule has 0 aliphatic heterocycles. The zero-order valence-corrected chi connectivity index (χ0v) is 18.7. The molecule has 2 aromatic carbocycles. The van der Waals surface area contributed by atoms with Gasteiger partial charge in [-0.25, -0.2) is 0 Å². The van der Waals surface area contributed by atoms with Crippen LogP contribution in [0.25, 0.3) is 0 Å². The smallest absolute Gasteiger partial charge is 0.261 e. The van der Waals surface area contributed by atoms with Gasteiger partial charge in [-0.05, 0) is 49.6 Å². The lowest BCUT2D eigenvalue weighted by Gasteiger charge is -2.28. The highest BCUT2D eigenvalue weighted by molar-refractivity contribution is 9.10. The quantitative estimate of drug-likeness (QED) is 0.511. The number of carbonyl (C=O) groups is 2. The van der Waals surface area contributed by atoms with E-state index in [-0.39, 0.29) is 18.4 Å². The fraction of sp³-hybridized carbons (Fsp3) is 0.391. The lowest BCUT2D eigenvalue weighted by Crippen LogP contribution is -2.50. The molecule has 6 heteroatoms. The molecule has 5 nitrogen and oxygen atoms in total. The molecule has 29 heavy (non-hydrogen) atoms. The zero-order chi connectivity index (χ0) is 21.1. The van der Waals surface area contributed by atoms with Crippen LogP contribution in [-0.2, 0) is 16.0 Å². The molecule has 0 bridgehead atoms. The van der Waals surface area contributed by atoms with Gasteiger partial charge in [-0.3, -0.25) is 9.59 Å². The van der Waals surface area contributed by atoms with Crippen molar-refractivity contribution >= 4 is 27.7 Å². The molecule has 0 heterocycles. The van der Waals surface area contributed by atoms with Crippen molar-refractivity contribution in [2.24, 2.45) is 0 Å². The predicted octanol–water partition coefficient (Wildman–Crippen LogP) is 4.20. The Kier molecular flexibility index (Phi) is 9.71. The van der Waals surface area contributed by atoms with Crippen LogP contribution in [0.1, 0.15) is 32.3 Å². The van der Waals surface area contributed by atoms with Gasteiger partial charge in [0.25, 0.3) is 5.91 Å². The van der Waals surface area contributed by atoms with Crippen LogP contribution < -0.4 is 10.1 Å². The maximum absolute atomic E-state index is 12.9. The molecule has 156 valence electrons. The highest BCUT2D eigenvalue weighted by Gasteiger charge is 2.25. The summed E-state index contributed by atoms with van der Waals surface area (Å²) in [6, 6.07) is 16.7. The summed E-state index contributed by atoms with van der Waals surface area (Å²) in [5, 5.41) is 2.92. The summed E-state index contributed by atoms with van der Waals surface area (Å²) in [7, 11) is 0. The van der Waals surface area contributed by atoms with E-state index in [2.05, 4.69) is 28.2 Å². The van der Waals surface area contributed by atoms with Crippen LogP contribution in [0.3, 0.4) is 0 Å². The molecule has 2 aromatic rings. The van der Waals surface area contributed by atoms with Crippen molar-refractivity contribution in [1.29, 1.82) is 0 Å². The second-order valence-corrected chi connectivity index (χ2v) is 7.80. The third kappa shape index (κ3) is 7.89. The van der Waals surface area contributed by atoms with E-state index < -0.39 is 6.04 Å². The molecule has 0 aliphatic carbocycles. The maximum atomic E-state index is 12.9. The van der Waals surface area contributed by atoms with Crippen molar-refractivity contribution < 1.29 is 14.3 Å². The molecule has 0 fully saturated rings. The number of carbonyl (C=O) groups excluding carboxylic acids is 2. The summed E-state index contributed by atoms with van der Waals surface area (Å²) in [6.45, 7) is 4.81. The molecule has 2 rings (SSSR count). The molecule has 0 radical (unpaired) electrons. The van der Waals surface area contributed by atoms with E-state index >= 15 is 0 Å². The van der Waals surface area contributed by atoms with E-state index in [1.165, 1.54) is 0 Å². The summed E-state index contributed by atoms with van der Waals surface area (Å²) >= 11 is 3.38. The topological polar surface area (TPSA) is 58.6 Å². The van der Waals surface area contributed by atoms with Crippen molar-refractivity contribution in [3.8, 4) is 5.75 Å². The number of hydrogen-bond donors (Lipinski definition) is 1. The van der Waals surface area contributed by atoms with Crippen LogP contribution in [0.5, 0.6) is 5.75 Å². The second kappa shape index (κ2) is 12.3. The molecule has 0 spiro atoms. The molecule has 1 N–H and O–H groups in total. The van der Waals surface area contributed by atoms with E-state index in [0.717, 1.165) is 22.9 Å². The Balaban J connectivity index is 2.01. The SMILES string of the molecule is CCCCNC(=O)[C@H](C)N(CCc1ccccc1)C(=O)COc1ccc(Br)cc1. The number of rotatable bonds is 11. The van der Waals surface area contributed by atoms with Crippen molar-refractivity contribution in [2.75, 3.05) is 19.7 Å². The first-order chi connectivity index (χ1) is 14.0. The van der Waals surface area contributed by atoms with E-state index in [1.807, 2.05) is 42.5 Å². The molecule has 0 unspecified atom stereocenters. The van der Waals surface area contributed by atoms with Gasteiger partial charge < -0.3 is 15.0 Å². The summed E-state index contributed by atoms with van der Waals surface area (Å²) in [5.74, 6) is 0.273. The zero-order valence-electron chi connectivity index (χ0n) is 17.1. The van der Waals surface area contributed by atoms with Gasteiger partial charge in [0.2, 0.25) is 5.91 Å². The highest BCUT2D eigenvalue weighted by atomic mass is 79.9. The molecule has 0 saturated heterocycles. The van der Waals surface area contributed by atoms with Gasteiger partial charge >= 0.3 is 0 Å². The van der Waals surface area contributed by atoms with Crippen LogP contribution in [-0.4, -0.2) is 42.5 Å². The molecular formula is C23H29BrN2O3. The number of amides is 2. The lowest BCUT2D eigenvalue weighted by molar-refractivity contribution is -0.141. The average Bonchev–Trinajstić information content (AvgIpc) is 2.74. The third-order valence-electron chi connectivity index (χ3n) is 4.66. The minimum absolute atomic E-state index is 0.108. The standard InChI is InChI=1S/C23H29BrN2O3/c1-3-4-15-25-23(28)18(2)26(16-14-19-8-6-5-7-9-19)22(27)17-29-21-12-10-20(24)11-13-21/h5-13,18H,3-4,14-17H2,1-2H3,(H,25,28)/t18-/m0/s1. The minimum atomic E-state index is -0.559. The number of nitrogens with zero attached hydrogens (tertiary/aromatic N) is 1. The van der Waals surface area contributed by atoms with Crippen molar-refractivity contribution in [3.05, 3.63) is 64.6 Å². The Morgan fingerprint density at radius 1 is 1.10 bits per heavy atom. The van der Waals surface area contributed by atoms with Gasteiger partial charge in [0.1, 0.15) is 11.8 Å². The first kappa shape index (κ1) is 22.9. The molecule has 0 aliphatic rings. The fourth-order valence-corrected chi connectivity index (χ4v) is 3.13. The summed E-state index contributed by atoms with van der Waals surface area (Å²) in [6.07, 6.45) is 2.60. The van der Waals surface area contributed by atoms with Crippen LogP contribution >= 0.6 is 15.9 Å². The third-order valence-corrected chi connectivity index (χ3v) is 5.19. The number of unbranched alkanes of at least 4 members (excludes halogenated alkanes) is 1. The van der Waals surface area contributed by atoms with Crippen LogP contribution in [0.4, 0.5) is 0 Å². The summed E-state index contributed by atoms with van der Waals surface area (Å²) in [5.41, 5.74) is 1.12. The van der Waals surface area contributed by atoms with Gasteiger partial charge in [-0.2, -0.15) is 0 Å². The molecular weight excluding hydrogens is 432 g/mol. The van der Waals surface area contributed by atoms with Gasteiger partial charge in [0.05, 0.1) is 0 Å². The Labute approximate surface area is 181 Å². The lowest BCUT2D eigenvalue weighted by atomic mass is 10.1. The highest BCUT2D eigenvalue weighted by Crippen LogP contribution is 2.16. The largest absolute Gasteiger partial charge is 0.484 e. The van der Waals surface area contributed by atoms with Crippen LogP contribution in [0.15, 0.2) is 59.1 Å². The van der Waals surface area contributed by atoms with Crippen LogP contribution in [0.2, 0.25) is 0 Å². The van der Waals surface area contributed by atoms with E-state index in [9.17, 15) is 9.59 Å². The predicted molar refractivity (Wildman–Crippen MR) is 119 cm³/mol. The Morgan fingerprint density at radius 3 is 2.45 bits per heavy atom. The first-order valence-corrected chi connectivity index (χ1v) is 10.8. The van der Waals surface area contributed by atoms with E-state index in [4.69, 9.17) is 4.74 Å².